The van der Waals surface area contributed by atoms with Crippen molar-refractivity contribution in [2.45, 2.75) is 32.5 Å². The molecule has 0 radical (unpaired) electrons. The minimum absolute atomic E-state index is 0. The fourth-order valence-electron chi connectivity index (χ4n) is 2.54. The van der Waals surface area contributed by atoms with E-state index in [0.717, 1.165) is 24.2 Å². The first-order valence-corrected chi connectivity index (χ1v) is 8.32. The van der Waals surface area contributed by atoms with Gasteiger partial charge in [-0.05, 0) is 37.2 Å². The summed E-state index contributed by atoms with van der Waals surface area (Å²) in [4.78, 5) is 14.7. The molecule has 6 heteroatoms. The van der Waals surface area contributed by atoms with Crippen LogP contribution in [0.3, 0.4) is 0 Å². The second kappa shape index (κ2) is 11.2. The van der Waals surface area contributed by atoms with Crippen molar-refractivity contribution in [3.8, 4) is 0 Å². The number of nitrogens with zero attached hydrogens (tertiary/aromatic N) is 1. The zero-order valence-corrected chi connectivity index (χ0v) is 17.2. The van der Waals surface area contributed by atoms with Crippen molar-refractivity contribution < 1.29 is 4.79 Å². The Kier molecular flexibility index (Phi) is 10.5. The highest BCUT2D eigenvalue weighted by Gasteiger charge is 2.29. The van der Waals surface area contributed by atoms with Gasteiger partial charge in [-0.2, -0.15) is 0 Å². The molecule has 2 rings (SSSR count). The molecule has 0 aliphatic rings. The van der Waals surface area contributed by atoms with E-state index in [0.29, 0.717) is 6.54 Å². The summed E-state index contributed by atoms with van der Waals surface area (Å²) in [5.41, 5.74) is 8.33. The average molecular weight is 398 g/mol. The lowest BCUT2D eigenvalue weighted by Gasteiger charge is -2.24. The van der Waals surface area contributed by atoms with Gasteiger partial charge in [0, 0.05) is 13.1 Å². The van der Waals surface area contributed by atoms with E-state index in [2.05, 4.69) is 36.3 Å². The molecule has 4 nitrogen and oxygen atoms in total. The first kappa shape index (κ1) is 24.4. The van der Waals surface area contributed by atoms with Crippen LogP contribution in [0.25, 0.3) is 0 Å². The highest BCUT2D eigenvalue weighted by molar-refractivity contribution is 5.87. The molecule has 0 fully saturated rings. The Morgan fingerprint density at radius 2 is 1.69 bits per heavy atom. The summed E-state index contributed by atoms with van der Waals surface area (Å²) in [6.45, 7) is 6.25. The van der Waals surface area contributed by atoms with Crippen LogP contribution in [-0.2, 0) is 23.4 Å². The van der Waals surface area contributed by atoms with Gasteiger partial charge in [-0.3, -0.25) is 4.79 Å². The van der Waals surface area contributed by atoms with Crippen LogP contribution in [0.4, 0.5) is 0 Å². The standard InChI is InChI=1S/C20H27N3O.2ClH/c1-4-23(3)15-17-10-8-9-16(13-17)14-22-19(24)20(2,21)18-11-6-5-7-12-18;;/h5-13H,4,14-15,21H2,1-3H3,(H,22,24);2*1H. The van der Waals surface area contributed by atoms with Crippen molar-refractivity contribution >= 4 is 30.7 Å². The summed E-state index contributed by atoms with van der Waals surface area (Å²) in [6.07, 6.45) is 0. The number of benzene rings is 2. The molecule has 0 saturated carbocycles. The number of carbonyl (C=O) groups excluding carboxylic acids is 1. The maximum atomic E-state index is 12.5. The van der Waals surface area contributed by atoms with Gasteiger partial charge in [0.1, 0.15) is 5.54 Å². The van der Waals surface area contributed by atoms with Crippen molar-refractivity contribution in [1.82, 2.24) is 10.2 Å². The molecule has 0 aromatic heterocycles. The lowest BCUT2D eigenvalue weighted by atomic mass is 9.92. The third-order valence-electron chi connectivity index (χ3n) is 4.28. The van der Waals surface area contributed by atoms with Crippen LogP contribution >= 0.6 is 24.8 Å². The van der Waals surface area contributed by atoms with E-state index in [1.807, 2.05) is 42.5 Å². The van der Waals surface area contributed by atoms with E-state index in [1.165, 1.54) is 5.56 Å². The lowest BCUT2D eigenvalue weighted by Crippen LogP contribution is -2.48. The van der Waals surface area contributed by atoms with Gasteiger partial charge in [-0.1, -0.05) is 61.5 Å². The van der Waals surface area contributed by atoms with E-state index in [4.69, 9.17) is 5.73 Å². The molecule has 0 heterocycles. The van der Waals surface area contributed by atoms with Crippen LogP contribution in [0.2, 0.25) is 0 Å². The number of carbonyl (C=O) groups is 1. The van der Waals surface area contributed by atoms with Gasteiger partial charge < -0.3 is 16.0 Å². The third kappa shape index (κ3) is 6.61. The van der Waals surface area contributed by atoms with Gasteiger partial charge in [0.25, 0.3) is 0 Å². The molecular weight excluding hydrogens is 369 g/mol. The number of rotatable bonds is 7. The third-order valence-corrected chi connectivity index (χ3v) is 4.28. The molecule has 3 N–H and O–H groups in total. The minimum atomic E-state index is -1.04. The van der Waals surface area contributed by atoms with Gasteiger partial charge in [-0.15, -0.1) is 24.8 Å². The molecule has 0 spiro atoms. The largest absolute Gasteiger partial charge is 0.350 e. The van der Waals surface area contributed by atoms with Crippen LogP contribution in [0.15, 0.2) is 54.6 Å². The Labute approximate surface area is 169 Å². The summed E-state index contributed by atoms with van der Waals surface area (Å²) < 4.78 is 0. The minimum Gasteiger partial charge on any atom is -0.350 e. The SMILES string of the molecule is CCN(C)Cc1cccc(CNC(=O)C(C)(N)c2ccccc2)c1.Cl.Cl. The molecule has 1 unspecified atom stereocenters. The summed E-state index contributed by atoms with van der Waals surface area (Å²) in [5, 5.41) is 2.95. The number of hydrogen-bond donors (Lipinski definition) is 2. The molecule has 0 aliphatic heterocycles. The molecule has 0 bridgehead atoms. The van der Waals surface area contributed by atoms with Crippen LogP contribution in [0.5, 0.6) is 0 Å². The zero-order valence-electron chi connectivity index (χ0n) is 15.6. The topological polar surface area (TPSA) is 58.4 Å². The van der Waals surface area contributed by atoms with E-state index in [-0.39, 0.29) is 30.7 Å². The number of halogens is 2. The van der Waals surface area contributed by atoms with Gasteiger partial charge in [-0.25, -0.2) is 0 Å². The monoisotopic (exact) mass is 397 g/mol. The Balaban J connectivity index is 0.00000312. The summed E-state index contributed by atoms with van der Waals surface area (Å²) in [6, 6.07) is 17.7. The quantitative estimate of drug-likeness (QED) is 0.751. The molecule has 2 aromatic rings. The van der Waals surface area contributed by atoms with E-state index < -0.39 is 5.54 Å². The highest BCUT2D eigenvalue weighted by Crippen LogP contribution is 2.17. The average Bonchev–Trinajstić information content (AvgIpc) is 2.60. The van der Waals surface area contributed by atoms with Gasteiger partial charge in [0.05, 0.1) is 0 Å². The Bertz CT molecular complexity index is 678. The Morgan fingerprint density at radius 3 is 2.31 bits per heavy atom. The molecule has 1 amide bonds. The maximum Gasteiger partial charge on any atom is 0.244 e. The molecular formula is C20H29Cl2N3O. The van der Waals surface area contributed by atoms with Gasteiger partial charge >= 0.3 is 0 Å². The van der Waals surface area contributed by atoms with Gasteiger partial charge in [0.15, 0.2) is 0 Å². The van der Waals surface area contributed by atoms with Crippen LogP contribution < -0.4 is 11.1 Å². The van der Waals surface area contributed by atoms with Crippen molar-refractivity contribution in [1.29, 1.82) is 0 Å². The molecule has 144 valence electrons. The highest BCUT2D eigenvalue weighted by atomic mass is 35.5. The van der Waals surface area contributed by atoms with Crippen molar-refractivity contribution in [3.05, 3.63) is 71.3 Å². The number of nitrogens with one attached hydrogen (secondary N) is 1. The second-order valence-electron chi connectivity index (χ2n) is 6.40. The fourth-order valence-corrected chi connectivity index (χ4v) is 2.54. The van der Waals surface area contributed by atoms with Crippen LogP contribution in [0.1, 0.15) is 30.5 Å². The molecule has 0 aliphatic carbocycles. The number of nitrogens with two attached hydrogens (primary N) is 1. The Morgan fingerprint density at radius 1 is 1.08 bits per heavy atom. The van der Waals surface area contributed by atoms with Crippen molar-refractivity contribution in [3.63, 3.8) is 0 Å². The molecule has 1 atom stereocenters. The molecule has 26 heavy (non-hydrogen) atoms. The smallest absolute Gasteiger partial charge is 0.244 e. The zero-order chi connectivity index (χ0) is 17.6. The normalized spacial score (nSPS) is 12.5. The summed E-state index contributed by atoms with van der Waals surface area (Å²) in [5.74, 6) is -0.176. The Hall–Kier alpha value is -1.59. The lowest BCUT2D eigenvalue weighted by molar-refractivity contribution is -0.126. The van der Waals surface area contributed by atoms with E-state index in [1.54, 1.807) is 6.92 Å². The second-order valence-corrected chi connectivity index (χ2v) is 6.40. The van der Waals surface area contributed by atoms with Crippen LogP contribution in [0, 0.1) is 0 Å². The van der Waals surface area contributed by atoms with Crippen molar-refractivity contribution in [2.24, 2.45) is 5.73 Å². The van der Waals surface area contributed by atoms with Gasteiger partial charge in [0.2, 0.25) is 5.91 Å². The van der Waals surface area contributed by atoms with E-state index in [9.17, 15) is 4.79 Å². The first-order chi connectivity index (χ1) is 11.4. The van der Waals surface area contributed by atoms with E-state index >= 15 is 0 Å². The molecule has 2 aromatic carbocycles. The number of hydrogen-bond acceptors (Lipinski definition) is 3. The molecule has 0 saturated heterocycles. The first-order valence-electron chi connectivity index (χ1n) is 8.32. The maximum absolute atomic E-state index is 12.5. The van der Waals surface area contributed by atoms with Crippen LogP contribution in [-0.4, -0.2) is 24.4 Å². The van der Waals surface area contributed by atoms with Crippen molar-refractivity contribution in [2.75, 3.05) is 13.6 Å². The fraction of sp³-hybridized carbons (Fsp3) is 0.350. The summed E-state index contributed by atoms with van der Waals surface area (Å²) in [7, 11) is 2.09. The number of amides is 1. The summed E-state index contributed by atoms with van der Waals surface area (Å²) >= 11 is 0. The predicted octanol–water partition coefficient (Wildman–Crippen LogP) is 3.47. The predicted molar refractivity (Wildman–Crippen MR) is 113 cm³/mol.